The first kappa shape index (κ1) is 20.1. The molecular weight excluding hydrogens is 404 g/mol. The molecule has 0 amide bonds. The summed E-state index contributed by atoms with van der Waals surface area (Å²) in [4.78, 5) is 17.2. The van der Waals surface area contributed by atoms with E-state index in [0.717, 1.165) is 16.7 Å². The Morgan fingerprint density at radius 3 is 2.38 bits per heavy atom. The summed E-state index contributed by atoms with van der Waals surface area (Å²) in [6, 6.07) is 9.58. The standard InChI is InChI=1S/C19H14ClF2N5O2/c1-24-16-17(25-2)26-19(27(18(16)28)12-6-4-11(20)5-7-12)29-13-8-3-10(9-23)14(21)15(13)22/h3-8,24-25H,1-2H3. The second-order valence-electron chi connectivity index (χ2n) is 5.69. The van der Waals surface area contributed by atoms with E-state index in [1.165, 1.54) is 6.07 Å². The molecule has 0 aliphatic carbocycles. The maximum absolute atomic E-state index is 14.3. The number of anilines is 2. The number of hydrogen-bond donors (Lipinski definition) is 2. The van der Waals surface area contributed by atoms with Crippen LogP contribution in [0.3, 0.4) is 0 Å². The minimum Gasteiger partial charge on any atom is -0.422 e. The Balaban J connectivity index is 2.24. The third kappa shape index (κ3) is 3.70. The number of aromatic nitrogens is 2. The van der Waals surface area contributed by atoms with E-state index in [1.807, 2.05) is 0 Å². The van der Waals surface area contributed by atoms with Crippen LogP contribution in [0.1, 0.15) is 5.56 Å². The lowest BCUT2D eigenvalue weighted by Gasteiger charge is -2.17. The SMILES string of the molecule is CNc1nc(Oc2ccc(C#N)c(F)c2F)n(-c2ccc(Cl)cc2)c(=O)c1NC. The highest BCUT2D eigenvalue weighted by Gasteiger charge is 2.21. The Morgan fingerprint density at radius 1 is 1.10 bits per heavy atom. The molecular formula is C19H14ClF2N5O2. The van der Waals surface area contributed by atoms with Crippen molar-refractivity contribution in [3.8, 4) is 23.5 Å². The van der Waals surface area contributed by atoms with Crippen LogP contribution in [0.25, 0.3) is 5.69 Å². The van der Waals surface area contributed by atoms with E-state index >= 15 is 0 Å². The predicted octanol–water partition coefficient (Wildman–Crippen LogP) is 3.91. The molecule has 7 nitrogen and oxygen atoms in total. The van der Waals surface area contributed by atoms with Gasteiger partial charge in [0.05, 0.1) is 11.3 Å². The number of halogens is 3. The van der Waals surface area contributed by atoms with Gasteiger partial charge in [0, 0.05) is 19.1 Å². The Labute approximate surface area is 169 Å². The van der Waals surface area contributed by atoms with Gasteiger partial charge in [0.2, 0.25) is 5.82 Å². The Hall–Kier alpha value is -3.64. The molecule has 0 atom stereocenters. The van der Waals surface area contributed by atoms with Crippen LogP contribution in [0.4, 0.5) is 20.3 Å². The van der Waals surface area contributed by atoms with Crippen LogP contribution in [0.5, 0.6) is 11.8 Å². The number of rotatable bonds is 5. The first-order valence-electron chi connectivity index (χ1n) is 8.25. The molecule has 29 heavy (non-hydrogen) atoms. The molecule has 2 N–H and O–H groups in total. The molecule has 0 bridgehead atoms. The number of nitriles is 1. The summed E-state index contributed by atoms with van der Waals surface area (Å²) in [7, 11) is 3.09. The van der Waals surface area contributed by atoms with Crippen LogP contribution in [0.15, 0.2) is 41.2 Å². The molecule has 3 aromatic rings. The molecule has 0 aliphatic heterocycles. The van der Waals surface area contributed by atoms with Crippen molar-refractivity contribution in [3.63, 3.8) is 0 Å². The lowest BCUT2D eigenvalue weighted by atomic mass is 10.2. The summed E-state index contributed by atoms with van der Waals surface area (Å²) in [6.07, 6.45) is 0. The molecule has 0 radical (unpaired) electrons. The Bertz CT molecular complexity index is 1170. The smallest absolute Gasteiger partial charge is 0.311 e. The van der Waals surface area contributed by atoms with Crippen LogP contribution in [-0.2, 0) is 0 Å². The van der Waals surface area contributed by atoms with Crippen molar-refractivity contribution in [2.45, 2.75) is 0 Å². The van der Waals surface area contributed by atoms with Gasteiger partial charge in [-0.2, -0.15) is 14.6 Å². The molecule has 3 rings (SSSR count). The summed E-state index contributed by atoms with van der Waals surface area (Å²) >= 11 is 5.91. The van der Waals surface area contributed by atoms with Crippen LogP contribution in [0.2, 0.25) is 5.02 Å². The van der Waals surface area contributed by atoms with Crippen molar-refractivity contribution in [3.05, 3.63) is 69.0 Å². The molecule has 2 aromatic carbocycles. The van der Waals surface area contributed by atoms with Crippen molar-refractivity contribution in [1.82, 2.24) is 9.55 Å². The molecule has 1 aromatic heterocycles. The van der Waals surface area contributed by atoms with Crippen LogP contribution < -0.4 is 20.9 Å². The number of hydrogen-bond acceptors (Lipinski definition) is 6. The maximum atomic E-state index is 14.3. The summed E-state index contributed by atoms with van der Waals surface area (Å²) < 4.78 is 34.8. The topological polar surface area (TPSA) is 92.0 Å². The number of ether oxygens (including phenoxy) is 1. The van der Waals surface area contributed by atoms with Gasteiger partial charge in [0.1, 0.15) is 11.8 Å². The van der Waals surface area contributed by atoms with Gasteiger partial charge in [-0.3, -0.25) is 4.79 Å². The number of benzene rings is 2. The first-order valence-corrected chi connectivity index (χ1v) is 8.63. The van der Waals surface area contributed by atoms with E-state index in [0.29, 0.717) is 10.7 Å². The van der Waals surface area contributed by atoms with E-state index in [1.54, 1.807) is 38.4 Å². The van der Waals surface area contributed by atoms with Gasteiger partial charge in [0.25, 0.3) is 5.56 Å². The Morgan fingerprint density at radius 2 is 1.79 bits per heavy atom. The van der Waals surface area contributed by atoms with Crippen molar-refractivity contribution in [1.29, 1.82) is 5.26 Å². The molecule has 148 valence electrons. The molecule has 0 spiro atoms. The fraction of sp³-hybridized carbons (Fsp3) is 0.105. The van der Waals surface area contributed by atoms with E-state index in [-0.39, 0.29) is 17.5 Å². The van der Waals surface area contributed by atoms with Crippen LogP contribution >= 0.6 is 11.6 Å². The summed E-state index contributed by atoms with van der Waals surface area (Å²) in [5.74, 6) is -3.11. The lowest BCUT2D eigenvalue weighted by Crippen LogP contribution is -2.25. The maximum Gasteiger partial charge on any atom is 0.311 e. The van der Waals surface area contributed by atoms with Gasteiger partial charge in [0.15, 0.2) is 17.4 Å². The van der Waals surface area contributed by atoms with E-state index in [4.69, 9.17) is 21.6 Å². The zero-order valence-electron chi connectivity index (χ0n) is 15.3. The Kier molecular flexibility index (Phi) is 5.66. The average Bonchev–Trinajstić information content (AvgIpc) is 2.72. The lowest BCUT2D eigenvalue weighted by molar-refractivity contribution is 0.382. The van der Waals surface area contributed by atoms with Gasteiger partial charge >= 0.3 is 6.01 Å². The zero-order valence-corrected chi connectivity index (χ0v) is 16.0. The van der Waals surface area contributed by atoms with E-state index < -0.39 is 28.5 Å². The molecule has 0 saturated heterocycles. The normalized spacial score (nSPS) is 10.3. The highest BCUT2D eigenvalue weighted by atomic mass is 35.5. The van der Waals surface area contributed by atoms with E-state index in [9.17, 15) is 13.6 Å². The molecule has 0 unspecified atom stereocenters. The highest BCUT2D eigenvalue weighted by molar-refractivity contribution is 6.30. The van der Waals surface area contributed by atoms with Crippen molar-refractivity contribution >= 4 is 23.1 Å². The van der Waals surface area contributed by atoms with Crippen LogP contribution in [-0.4, -0.2) is 23.6 Å². The number of nitrogens with one attached hydrogen (secondary N) is 2. The molecule has 0 saturated carbocycles. The van der Waals surface area contributed by atoms with Gasteiger partial charge in [-0.15, -0.1) is 0 Å². The van der Waals surface area contributed by atoms with Crippen molar-refractivity contribution in [2.24, 2.45) is 0 Å². The largest absolute Gasteiger partial charge is 0.422 e. The van der Waals surface area contributed by atoms with Crippen molar-refractivity contribution < 1.29 is 13.5 Å². The third-order valence-electron chi connectivity index (χ3n) is 3.99. The minimum absolute atomic E-state index is 0.140. The quantitative estimate of drug-likeness (QED) is 0.654. The van der Waals surface area contributed by atoms with Crippen molar-refractivity contribution in [2.75, 3.05) is 24.7 Å². The first-order chi connectivity index (χ1) is 13.9. The monoisotopic (exact) mass is 417 g/mol. The van der Waals surface area contributed by atoms with Gasteiger partial charge in [-0.25, -0.2) is 8.96 Å². The molecule has 0 fully saturated rings. The van der Waals surface area contributed by atoms with Crippen LogP contribution in [0, 0.1) is 23.0 Å². The summed E-state index contributed by atoms with van der Waals surface area (Å²) in [5, 5.41) is 14.8. The van der Waals surface area contributed by atoms with Gasteiger partial charge in [-0.05, 0) is 36.4 Å². The fourth-order valence-corrected chi connectivity index (χ4v) is 2.72. The second kappa shape index (κ2) is 8.16. The molecule has 0 aliphatic rings. The summed E-state index contributed by atoms with van der Waals surface area (Å²) in [5.41, 5.74) is -0.532. The van der Waals surface area contributed by atoms with E-state index in [2.05, 4.69) is 15.6 Å². The van der Waals surface area contributed by atoms with Gasteiger partial charge in [-0.1, -0.05) is 11.6 Å². The fourth-order valence-electron chi connectivity index (χ4n) is 2.59. The van der Waals surface area contributed by atoms with Gasteiger partial charge < -0.3 is 15.4 Å². The minimum atomic E-state index is -1.37. The second-order valence-corrected chi connectivity index (χ2v) is 6.12. The third-order valence-corrected chi connectivity index (χ3v) is 4.24. The highest BCUT2D eigenvalue weighted by Crippen LogP contribution is 2.29. The average molecular weight is 418 g/mol. The summed E-state index contributed by atoms with van der Waals surface area (Å²) in [6.45, 7) is 0. The zero-order chi connectivity index (χ0) is 21.1. The number of nitrogens with zero attached hydrogens (tertiary/aromatic N) is 3. The molecule has 1 heterocycles. The predicted molar refractivity (Wildman–Crippen MR) is 105 cm³/mol. The molecule has 10 heteroatoms.